The molecule has 1 amide bonds. The van der Waals surface area contributed by atoms with Crippen LogP contribution in [0, 0.1) is 6.92 Å². The highest BCUT2D eigenvalue weighted by Gasteiger charge is 2.13. The number of carbonyl (C=O) groups is 2. The smallest absolute Gasteiger partial charge is 0.345 e. The predicted octanol–water partition coefficient (Wildman–Crippen LogP) is 1.13. The van der Waals surface area contributed by atoms with Gasteiger partial charge in [-0.2, -0.15) is 0 Å². The molecule has 7 nitrogen and oxygen atoms in total. The van der Waals surface area contributed by atoms with Crippen LogP contribution in [0.5, 0.6) is 0 Å². The first-order valence-electron chi connectivity index (χ1n) is 4.60. The third-order valence-corrected chi connectivity index (χ3v) is 2.84. The Labute approximate surface area is 99.5 Å². The average Bonchev–Trinajstić information content (AvgIpc) is 2.86. The van der Waals surface area contributed by atoms with Gasteiger partial charge in [0.1, 0.15) is 10.7 Å². The van der Waals surface area contributed by atoms with Crippen LogP contribution in [0.4, 0.5) is 5.00 Å². The monoisotopic (exact) mass is 252 g/mol. The number of aromatic carboxylic acids is 1. The van der Waals surface area contributed by atoms with Crippen LogP contribution in [0.15, 0.2) is 12.1 Å². The molecule has 2 aromatic heterocycles. The largest absolute Gasteiger partial charge is 0.477 e. The second-order valence-electron chi connectivity index (χ2n) is 3.17. The van der Waals surface area contributed by atoms with Crippen molar-refractivity contribution in [1.29, 1.82) is 0 Å². The number of hydrogen-bond acceptors (Lipinski definition) is 5. The zero-order valence-electron chi connectivity index (χ0n) is 8.72. The van der Waals surface area contributed by atoms with E-state index < -0.39 is 11.9 Å². The van der Waals surface area contributed by atoms with Crippen LogP contribution < -0.4 is 5.32 Å². The highest BCUT2D eigenvalue weighted by molar-refractivity contribution is 7.18. The number of hydrogen-bond donors (Lipinski definition) is 3. The molecule has 0 radical (unpaired) electrons. The highest BCUT2D eigenvalue weighted by atomic mass is 32.1. The summed E-state index contributed by atoms with van der Waals surface area (Å²) in [5.41, 5.74) is 0. The third-order valence-electron chi connectivity index (χ3n) is 1.85. The molecule has 0 aromatic carbocycles. The fourth-order valence-corrected chi connectivity index (χ4v) is 1.87. The Morgan fingerprint density at radius 1 is 1.47 bits per heavy atom. The number of aryl methyl sites for hydroxylation is 1. The normalized spacial score (nSPS) is 10.2. The van der Waals surface area contributed by atoms with E-state index in [-0.39, 0.29) is 10.7 Å². The van der Waals surface area contributed by atoms with E-state index in [1.807, 2.05) is 0 Å². The Morgan fingerprint density at radius 2 is 2.24 bits per heavy atom. The standard InChI is InChI=1S/C9H8N4O3S/c1-4-10-7(13-12-4)8(14)11-6-3-2-5(17-6)9(15)16/h2-3H,1H3,(H,11,14)(H,15,16)(H,10,12,13). The fraction of sp³-hybridized carbons (Fsp3) is 0.111. The van der Waals surface area contributed by atoms with Crippen LogP contribution in [0.1, 0.15) is 26.1 Å². The van der Waals surface area contributed by atoms with E-state index in [0.717, 1.165) is 11.3 Å². The Bertz CT molecular complexity index is 574. The molecule has 2 heterocycles. The molecule has 0 atom stereocenters. The Morgan fingerprint density at radius 3 is 2.76 bits per heavy atom. The average molecular weight is 252 g/mol. The van der Waals surface area contributed by atoms with Crippen molar-refractivity contribution in [1.82, 2.24) is 15.2 Å². The maximum absolute atomic E-state index is 11.6. The molecule has 2 aromatic rings. The number of nitrogens with zero attached hydrogens (tertiary/aromatic N) is 2. The number of aromatic nitrogens is 3. The lowest BCUT2D eigenvalue weighted by atomic mass is 10.4. The van der Waals surface area contributed by atoms with Gasteiger partial charge in [0.15, 0.2) is 0 Å². The lowest BCUT2D eigenvalue weighted by Gasteiger charge is -1.96. The van der Waals surface area contributed by atoms with Gasteiger partial charge in [0.25, 0.3) is 5.91 Å². The van der Waals surface area contributed by atoms with Gasteiger partial charge in [-0.05, 0) is 19.1 Å². The third kappa shape index (κ3) is 2.48. The number of nitrogens with one attached hydrogen (secondary N) is 2. The summed E-state index contributed by atoms with van der Waals surface area (Å²) in [7, 11) is 0. The van der Waals surface area contributed by atoms with Gasteiger partial charge in [-0.25, -0.2) is 9.78 Å². The minimum atomic E-state index is -1.02. The molecule has 0 fully saturated rings. The van der Waals surface area contributed by atoms with Gasteiger partial charge in [-0.1, -0.05) is 0 Å². The predicted molar refractivity (Wildman–Crippen MR) is 60.4 cm³/mol. The summed E-state index contributed by atoms with van der Waals surface area (Å²) in [4.78, 5) is 26.3. The number of thiophene rings is 1. The summed E-state index contributed by atoms with van der Waals surface area (Å²) in [5, 5.41) is 17.9. The van der Waals surface area contributed by atoms with Gasteiger partial charge in [-0.3, -0.25) is 9.89 Å². The van der Waals surface area contributed by atoms with Crippen molar-refractivity contribution in [2.24, 2.45) is 0 Å². The molecule has 8 heteroatoms. The first-order valence-corrected chi connectivity index (χ1v) is 5.41. The maximum atomic E-state index is 11.6. The number of aromatic amines is 1. The number of rotatable bonds is 3. The molecule has 17 heavy (non-hydrogen) atoms. The summed E-state index contributed by atoms with van der Waals surface area (Å²) in [5.74, 6) is -0.947. The Balaban J connectivity index is 2.10. The second-order valence-corrected chi connectivity index (χ2v) is 4.25. The van der Waals surface area contributed by atoms with Crippen molar-refractivity contribution in [3.63, 3.8) is 0 Å². The van der Waals surface area contributed by atoms with Crippen LogP contribution in [0.25, 0.3) is 0 Å². The minimum Gasteiger partial charge on any atom is -0.477 e. The van der Waals surface area contributed by atoms with Crippen LogP contribution >= 0.6 is 11.3 Å². The van der Waals surface area contributed by atoms with Crippen LogP contribution in [0.3, 0.4) is 0 Å². The Kier molecular flexibility index (Phi) is 2.88. The molecule has 0 aliphatic rings. The van der Waals surface area contributed by atoms with E-state index in [9.17, 15) is 9.59 Å². The summed E-state index contributed by atoms with van der Waals surface area (Å²) in [6, 6.07) is 2.94. The number of anilines is 1. The minimum absolute atomic E-state index is 0.0211. The molecule has 0 saturated heterocycles. The van der Waals surface area contributed by atoms with Crippen LogP contribution in [-0.2, 0) is 0 Å². The van der Waals surface area contributed by atoms with E-state index in [2.05, 4.69) is 20.5 Å². The van der Waals surface area contributed by atoms with Crippen molar-refractivity contribution in [2.45, 2.75) is 6.92 Å². The first-order chi connectivity index (χ1) is 8.06. The summed E-state index contributed by atoms with van der Waals surface area (Å²) in [6.45, 7) is 1.68. The van der Waals surface area contributed by atoms with E-state index in [1.54, 1.807) is 6.92 Å². The molecule has 2 rings (SSSR count). The molecule has 0 bridgehead atoms. The summed E-state index contributed by atoms with van der Waals surface area (Å²) < 4.78 is 0. The van der Waals surface area contributed by atoms with Crippen molar-refractivity contribution < 1.29 is 14.7 Å². The van der Waals surface area contributed by atoms with Gasteiger partial charge in [0.2, 0.25) is 5.82 Å². The lowest BCUT2D eigenvalue weighted by Crippen LogP contribution is -2.12. The van der Waals surface area contributed by atoms with Gasteiger partial charge >= 0.3 is 5.97 Å². The molecule has 0 aliphatic heterocycles. The number of carbonyl (C=O) groups excluding carboxylic acids is 1. The topological polar surface area (TPSA) is 108 Å². The van der Waals surface area contributed by atoms with Crippen molar-refractivity contribution in [2.75, 3.05) is 5.32 Å². The van der Waals surface area contributed by atoms with E-state index in [1.165, 1.54) is 12.1 Å². The molecule has 0 saturated carbocycles. The Hall–Kier alpha value is -2.22. The molecule has 0 unspecified atom stereocenters. The van der Waals surface area contributed by atoms with Crippen LogP contribution in [-0.4, -0.2) is 32.2 Å². The number of amides is 1. The van der Waals surface area contributed by atoms with Gasteiger partial charge in [0.05, 0.1) is 5.00 Å². The van der Waals surface area contributed by atoms with Gasteiger partial charge < -0.3 is 10.4 Å². The molecule has 0 aliphatic carbocycles. The van der Waals surface area contributed by atoms with Crippen molar-refractivity contribution in [3.05, 3.63) is 28.7 Å². The summed E-state index contributed by atoms with van der Waals surface area (Å²) in [6.07, 6.45) is 0. The first kappa shape index (κ1) is 11.3. The molecular formula is C9H8N4O3S. The number of H-pyrrole nitrogens is 1. The quantitative estimate of drug-likeness (QED) is 0.758. The SMILES string of the molecule is Cc1nc(C(=O)Nc2ccc(C(=O)O)s2)n[nH]1. The van der Waals surface area contributed by atoms with Crippen LogP contribution in [0.2, 0.25) is 0 Å². The fourth-order valence-electron chi connectivity index (χ4n) is 1.13. The molecule has 88 valence electrons. The van der Waals surface area contributed by atoms with Gasteiger partial charge in [-0.15, -0.1) is 16.4 Å². The van der Waals surface area contributed by atoms with Gasteiger partial charge in [0, 0.05) is 0 Å². The van der Waals surface area contributed by atoms with E-state index in [0.29, 0.717) is 10.8 Å². The van der Waals surface area contributed by atoms with E-state index in [4.69, 9.17) is 5.11 Å². The molecule has 3 N–H and O–H groups in total. The summed E-state index contributed by atoms with van der Waals surface area (Å²) >= 11 is 0.974. The van der Waals surface area contributed by atoms with Crippen molar-refractivity contribution in [3.8, 4) is 0 Å². The molecule has 0 spiro atoms. The zero-order chi connectivity index (χ0) is 12.4. The van der Waals surface area contributed by atoms with E-state index >= 15 is 0 Å². The number of carboxylic acids is 1. The van der Waals surface area contributed by atoms with Crippen molar-refractivity contribution >= 4 is 28.2 Å². The number of carboxylic acid groups (broad SMARTS) is 1. The lowest BCUT2D eigenvalue weighted by molar-refractivity contribution is 0.0702. The highest BCUT2D eigenvalue weighted by Crippen LogP contribution is 2.21. The molecular weight excluding hydrogens is 244 g/mol. The second kappa shape index (κ2) is 4.34. The maximum Gasteiger partial charge on any atom is 0.345 e. The zero-order valence-corrected chi connectivity index (χ0v) is 9.54.